The number of benzene rings is 2. The van der Waals surface area contributed by atoms with Crippen LogP contribution in [0.1, 0.15) is 21.5 Å². The van der Waals surface area contributed by atoms with E-state index >= 15 is 0 Å². The molecule has 0 radical (unpaired) electrons. The molecule has 0 saturated heterocycles. The van der Waals surface area contributed by atoms with Gasteiger partial charge in [-0.15, -0.1) is 0 Å². The molecule has 0 saturated carbocycles. The molecule has 0 atom stereocenters. The number of methoxy groups -OCH3 is 1. The molecule has 0 N–H and O–H groups in total. The fourth-order valence-electron chi connectivity index (χ4n) is 2.78. The van der Waals surface area contributed by atoms with E-state index in [1.165, 1.54) is 6.08 Å². The first-order valence-electron chi connectivity index (χ1n) is 8.64. The highest BCUT2D eigenvalue weighted by atomic mass is 16.6. The van der Waals surface area contributed by atoms with Crippen molar-refractivity contribution in [3.05, 3.63) is 71.5 Å². The van der Waals surface area contributed by atoms with Crippen molar-refractivity contribution in [1.82, 2.24) is 0 Å². The van der Waals surface area contributed by atoms with E-state index in [0.717, 1.165) is 5.56 Å². The summed E-state index contributed by atoms with van der Waals surface area (Å²) in [5.41, 5.74) is 1.97. The van der Waals surface area contributed by atoms with Gasteiger partial charge in [0.15, 0.2) is 12.4 Å². The Morgan fingerprint density at radius 2 is 2.04 bits per heavy atom. The molecule has 0 aromatic heterocycles. The monoisotopic (exact) mass is 380 g/mol. The Labute approximate surface area is 163 Å². The van der Waals surface area contributed by atoms with Gasteiger partial charge in [0.25, 0.3) is 0 Å². The van der Waals surface area contributed by atoms with Crippen molar-refractivity contribution in [3.8, 4) is 17.2 Å². The quantitative estimate of drug-likeness (QED) is 0.414. The number of Topliss-reactive ketones (excluding diaryl/α,β-unsaturated/α-hetero) is 1. The fourth-order valence-corrected chi connectivity index (χ4v) is 2.78. The second-order valence-electron chi connectivity index (χ2n) is 6.09. The molecule has 144 valence electrons. The molecule has 28 heavy (non-hydrogen) atoms. The highest BCUT2D eigenvalue weighted by molar-refractivity contribution is 6.15. The van der Waals surface area contributed by atoms with Gasteiger partial charge in [-0.05, 0) is 42.3 Å². The van der Waals surface area contributed by atoms with E-state index in [2.05, 4.69) is 6.58 Å². The van der Waals surface area contributed by atoms with Crippen molar-refractivity contribution in [3.63, 3.8) is 0 Å². The summed E-state index contributed by atoms with van der Waals surface area (Å²) in [5.74, 6) is 1.01. The predicted octanol–water partition coefficient (Wildman–Crippen LogP) is 3.73. The largest absolute Gasteiger partial charge is 0.497 e. The SMILES string of the molecule is C=CCOC(=O)COc1cc(C)c2c(c1)O/C(=C\c1cccc(OC)c1)C2=O. The first kappa shape index (κ1) is 19.2. The van der Waals surface area contributed by atoms with Gasteiger partial charge in [0.05, 0.1) is 12.7 Å². The normalized spacial score (nSPS) is 13.6. The van der Waals surface area contributed by atoms with Crippen LogP contribution in [0.3, 0.4) is 0 Å². The van der Waals surface area contributed by atoms with Crippen molar-refractivity contribution < 1.29 is 28.5 Å². The molecule has 2 aromatic carbocycles. The van der Waals surface area contributed by atoms with Gasteiger partial charge in [0.1, 0.15) is 23.9 Å². The lowest BCUT2D eigenvalue weighted by Gasteiger charge is -2.08. The van der Waals surface area contributed by atoms with Gasteiger partial charge in [0.2, 0.25) is 5.78 Å². The van der Waals surface area contributed by atoms with E-state index < -0.39 is 5.97 Å². The number of fused-ring (bicyclic) bond motifs is 1. The maximum atomic E-state index is 12.7. The molecule has 0 amide bonds. The first-order valence-corrected chi connectivity index (χ1v) is 8.64. The minimum atomic E-state index is -0.506. The topological polar surface area (TPSA) is 71.1 Å². The second kappa shape index (κ2) is 8.43. The van der Waals surface area contributed by atoms with Gasteiger partial charge in [-0.1, -0.05) is 24.8 Å². The van der Waals surface area contributed by atoms with E-state index in [1.54, 1.807) is 32.2 Å². The average molecular weight is 380 g/mol. The lowest BCUT2D eigenvalue weighted by atomic mass is 10.0. The van der Waals surface area contributed by atoms with Crippen LogP contribution in [-0.2, 0) is 9.53 Å². The van der Waals surface area contributed by atoms with Crippen molar-refractivity contribution in [2.75, 3.05) is 20.3 Å². The number of ketones is 1. The zero-order valence-electron chi connectivity index (χ0n) is 15.7. The molecular weight excluding hydrogens is 360 g/mol. The second-order valence-corrected chi connectivity index (χ2v) is 6.09. The summed E-state index contributed by atoms with van der Waals surface area (Å²) < 4.78 is 21.3. The van der Waals surface area contributed by atoms with Gasteiger partial charge in [-0.25, -0.2) is 4.79 Å². The highest BCUT2D eigenvalue weighted by Crippen LogP contribution is 2.37. The van der Waals surface area contributed by atoms with Crippen molar-refractivity contribution in [1.29, 1.82) is 0 Å². The van der Waals surface area contributed by atoms with Crippen molar-refractivity contribution in [2.24, 2.45) is 0 Å². The van der Waals surface area contributed by atoms with Gasteiger partial charge >= 0.3 is 5.97 Å². The summed E-state index contributed by atoms with van der Waals surface area (Å²) >= 11 is 0. The smallest absolute Gasteiger partial charge is 0.344 e. The summed E-state index contributed by atoms with van der Waals surface area (Å²) in [6.07, 6.45) is 3.14. The Balaban J connectivity index is 1.79. The summed E-state index contributed by atoms with van der Waals surface area (Å²) in [5, 5.41) is 0. The number of hydrogen-bond acceptors (Lipinski definition) is 6. The van der Waals surface area contributed by atoms with Crippen molar-refractivity contribution >= 4 is 17.8 Å². The predicted molar refractivity (Wildman–Crippen MR) is 104 cm³/mol. The van der Waals surface area contributed by atoms with Gasteiger partial charge in [0, 0.05) is 6.07 Å². The van der Waals surface area contributed by atoms with Crippen LogP contribution in [0.4, 0.5) is 0 Å². The van der Waals surface area contributed by atoms with Crippen LogP contribution in [0.5, 0.6) is 17.2 Å². The Hall–Kier alpha value is -3.54. The van der Waals surface area contributed by atoms with Gasteiger partial charge in [-0.2, -0.15) is 0 Å². The molecule has 0 spiro atoms. The number of hydrogen-bond donors (Lipinski definition) is 0. The van der Waals surface area contributed by atoms with E-state index in [4.69, 9.17) is 18.9 Å². The average Bonchev–Trinajstić information content (AvgIpc) is 3.00. The number of ether oxygens (including phenoxy) is 4. The number of carbonyl (C=O) groups excluding carboxylic acids is 2. The molecule has 2 aromatic rings. The maximum Gasteiger partial charge on any atom is 0.344 e. The Morgan fingerprint density at radius 3 is 2.79 bits per heavy atom. The molecule has 0 bridgehead atoms. The number of aryl methyl sites for hydroxylation is 1. The maximum absolute atomic E-state index is 12.7. The van der Waals surface area contributed by atoms with Crippen LogP contribution < -0.4 is 14.2 Å². The number of rotatable bonds is 7. The van der Waals surface area contributed by atoms with E-state index in [-0.39, 0.29) is 24.8 Å². The Kier molecular flexibility index (Phi) is 5.79. The third-order valence-corrected chi connectivity index (χ3v) is 4.05. The first-order chi connectivity index (χ1) is 13.5. The van der Waals surface area contributed by atoms with E-state index in [0.29, 0.717) is 28.4 Å². The van der Waals surface area contributed by atoms with Gasteiger partial charge < -0.3 is 18.9 Å². The minimum Gasteiger partial charge on any atom is -0.497 e. The number of esters is 1. The highest BCUT2D eigenvalue weighted by Gasteiger charge is 2.30. The van der Waals surface area contributed by atoms with Crippen LogP contribution in [0, 0.1) is 6.92 Å². The van der Waals surface area contributed by atoms with Crippen LogP contribution >= 0.6 is 0 Å². The summed E-state index contributed by atoms with van der Waals surface area (Å²) in [7, 11) is 1.58. The van der Waals surface area contributed by atoms with E-state index in [9.17, 15) is 9.59 Å². The third-order valence-electron chi connectivity index (χ3n) is 4.05. The molecule has 0 unspecified atom stereocenters. The number of allylic oxidation sites excluding steroid dienone is 1. The van der Waals surface area contributed by atoms with Crippen LogP contribution in [0.2, 0.25) is 0 Å². The third kappa shape index (κ3) is 4.23. The summed E-state index contributed by atoms with van der Waals surface area (Å²) in [6.45, 7) is 5.15. The lowest BCUT2D eigenvalue weighted by Crippen LogP contribution is -2.14. The Bertz CT molecular complexity index is 957. The van der Waals surface area contributed by atoms with Crippen LogP contribution in [0.15, 0.2) is 54.8 Å². The van der Waals surface area contributed by atoms with Gasteiger partial charge in [-0.3, -0.25) is 4.79 Å². The molecular formula is C22H20O6. The molecule has 1 aliphatic heterocycles. The summed E-state index contributed by atoms with van der Waals surface area (Å²) in [6, 6.07) is 10.6. The Morgan fingerprint density at radius 1 is 1.21 bits per heavy atom. The zero-order chi connectivity index (χ0) is 20.1. The van der Waals surface area contributed by atoms with Crippen molar-refractivity contribution in [2.45, 2.75) is 6.92 Å². The number of carbonyl (C=O) groups is 2. The van der Waals surface area contributed by atoms with Crippen LogP contribution in [0.25, 0.3) is 6.08 Å². The van der Waals surface area contributed by atoms with E-state index in [1.807, 2.05) is 24.3 Å². The molecule has 6 heteroatoms. The zero-order valence-corrected chi connectivity index (χ0v) is 15.7. The molecule has 3 rings (SSSR count). The van der Waals surface area contributed by atoms with Crippen LogP contribution in [-0.4, -0.2) is 32.1 Å². The summed E-state index contributed by atoms with van der Waals surface area (Å²) in [4.78, 5) is 24.3. The fraction of sp³-hybridized carbons (Fsp3) is 0.182. The molecule has 0 aliphatic carbocycles. The molecule has 1 aliphatic rings. The molecule has 0 fully saturated rings. The lowest BCUT2D eigenvalue weighted by molar-refractivity contribution is -0.144. The molecule has 1 heterocycles. The molecule has 6 nitrogen and oxygen atoms in total. The standard InChI is InChI=1S/C22H20O6/c1-4-8-26-20(23)13-27-17-9-14(2)21-18(12-17)28-19(22(21)24)11-15-6-5-7-16(10-15)25-3/h4-7,9-12H,1,8,13H2,2-3H3/b19-11-. The minimum absolute atomic E-state index is 0.126.